The molecule has 0 fully saturated rings. The summed E-state index contributed by atoms with van der Waals surface area (Å²) in [7, 11) is 0. The Kier molecular flexibility index (Phi) is 5.01. The largest absolute Gasteiger partial charge is 0.494 e. The highest BCUT2D eigenvalue weighted by atomic mass is 32.1. The normalized spacial score (nSPS) is 9.88. The number of aliphatic hydroxyl groups excluding tert-OH is 1. The van der Waals surface area contributed by atoms with Crippen LogP contribution in [-0.2, 0) is 0 Å². The molecule has 1 rings (SSSR count). The van der Waals surface area contributed by atoms with E-state index in [1.54, 1.807) is 4.90 Å². The molecule has 0 aromatic heterocycles. The van der Waals surface area contributed by atoms with Crippen LogP contribution in [0.25, 0.3) is 0 Å². The molecule has 4 nitrogen and oxygen atoms in total. The van der Waals surface area contributed by atoms with Crippen molar-refractivity contribution in [2.45, 2.75) is 6.92 Å². The molecular formula is C11H16N2O2S. The molecule has 5 heteroatoms. The van der Waals surface area contributed by atoms with Crippen LogP contribution in [0.2, 0.25) is 0 Å². The average molecular weight is 240 g/mol. The summed E-state index contributed by atoms with van der Waals surface area (Å²) in [5.41, 5.74) is 6.42. The summed E-state index contributed by atoms with van der Waals surface area (Å²) in [4.78, 5) is 1.67. The fourth-order valence-corrected chi connectivity index (χ4v) is 1.55. The fraction of sp³-hybridized carbons (Fsp3) is 0.364. The number of hydrogen-bond donors (Lipinski definition) is 2. The quantitative estimate of drug-likeness (QED) is 0.756. The van der Waals surface area contributed by atoms with Gasteiger partial charge in [0.05, 0.1) is 13.2 Å². The van der Waals surface area contributed by atoms with Crippen LogP contribution in [0.4, 0.5) is 5.69 Å². The first-order valence-corrected chi connectivity index (χ1v) is 5.50. The predicted octanol–water partition coefficient (Wildman–Crippen LogP) is 1.13. The topological polar surface area (TPSA) is 58.7 Å². The molecule has 16 heavy (non-hydrogen) atoms. The first-order chi connectivity index (χ1) is 7.69. The summed E-state index contributed by atoms with van der Waals surface area (Å²) >= 11 is 4.91. The predicted molar refractivity (Wildman–Crippen MR) is 68.8 cm³/mol. The van der Waals surface area contributed by atoms with Crippen LogP contribution < -0.4 is 15.4 Å². The third kappa shape index (κ3) is 3.36. The molecule has 0 heterocycles. The highest BCUT2D eigenvalue weighted by Gasteiger charge is 2.08. The molecular weight excluding hydrogens is 224 g/mol. The minimum atomic E-state index is 0.00452. The Morgan fingerprint density at radius 1 is 1.44 bits per heavy atom. The van der Waals surface area contributed by atoms with Gasteiger partial charge in [0, 0.05) is 12.2 Å². The Hall–Kier alpha value is -1.33. The Balaban J connectivity index is 2.81. The number of aliphatic hydroxyl groups is 1. The molecule has 0 aliphatic rings. The maximum atomic E-state index is 8.90. The molecule has 1 aromatic carbocycles. The Labute approximate surface area is 101 Å². The van der Waals surface area contributed by atoms with Crippen molar-refractivity contribution in [1.82, 2.24) is 0 Å². The molecule has 1 aromatic rings. The maximum absolute atomic E-state index is 8.90. The first kappa shape index (κ1) is 12.7. The zero-order valence-corrected chi connectivity index (χ0v) is 10.0. The smallest absolute Gasteiger partial charge is 0.170 e. The van der Waals surface area contributed by atoms with Crippen LogP contribution in [0.15, 0.2) is 24.3 Å². The van der Waals surface area contributed by atoms with E-state index < -0.39 is 0 Å². The zero-order chi connectivity index (χ0) is 12.0. The van der Waals surface area contributed by atoms with Gasteiger partial charge in [0.25, 0.3) is 0 Å². The molecule has 0 aliphatic carbocycles. The van der Waals surface area contributed by atoms with Gasteiger partial charge in [-0.15, -0.1) is 0 Å². The second-order valence-corrected chi connectivity index (χ2v) is 3.56. The lowest BCUT2D eigenvalue weighted by Gasteiger charge is -2.21. The molecule has 0 aliphatic heterocycles. The summed E-state index contributed by atoms with van der Waals surface area (Å²) < 4.78 is 5.33. The van der Waals surface area contributed by atoms with Gasteiger partial charge in [-0.2, -0.15) is 0 Å². The van der Waals surface area contributed by atoms with Crippen LogP contribution >= 0.6 is 12.2 Å². The number of anilines is 1. The first-order valence-electron chi connectivity index (χ1n) is 5.09. The average Bonchev–Trinajstić information content (AvgIpc) is 2.27. The lowest BCUT2D eigenvalue weighted by atomic mass is 10.3. The number of rotatable bonds is 5. The summed E-state index contributed by atoms with van der Waals surface area (Å²) in [5.74, 6) is 0.804. The summed E-state index contributed by atoms with van der Waals surface area (Å²) in [6, 6.07) is 7.42. The van der Waals surface area contributed by atoms with E-state index in [1.165, 1.54) is 0 Å². The van der Waals surface area contributed by atoms with Crippen LogP contribution in [-0.4, -0.2) is 30.0 Å². The van der Waals surface area contributed by atoms with E-state index in [0.717, 1.165) is 11.4 Å². The van der Waals surface area contributed by atoms with Crippen LogP contribution in [0.3, 0.4) is 0 Å². The Bertz CT molecular complexity index is 340. The van der Waals surface area contributed by atoms with Gasteiger partial charge >= 0.3 is 0 Å². The Morgan fingerprint density at radius 3 is 2.50 bits per heavy atom. The third-order valence-electron chi connectivity index (χ3n) is 2.05. The molecule has 0 amide bonds. The second kappa shape index (κ2) is 6.30. The summed E-state index contributed by atoms with van der Waals surface area (Å²) in [6.07, 6.45) is 0. The fourth-order valence-electron chi connectivity index (χ4n) is 1.36. The highest BCUT2D eigenvalue weighted by molar-refractivity contribution is 7.80. The van der Waals surface area contributed by atoms with Gasteiger partial charge in [0.15, 0.2) is 5.11 Å². The molecule has 0 unspecified atom stereocenters. The standard InChI is InChI=1S/C11H16N2O2S/c1-2-15-10-5-3-9(4-6-10)13(7-8-14)11(12)16/h3-6,14H,2,7-8H2,1H3,(H2,12,16). The van der Waals surface area contributed by atoms with Crippen molar-refractivity contribution in [3.8, 4) is 5.75 Å². The lowest BCUT2D eigenvalue weighted by Crippen LogP contribution is -2.37. The second-order valence-electron chi connectivity index (χ2n) is 3.14. The van der Waals surface area contributed by atoms with Gasteiger partial charge in [0.2, 0.25) is 0 Å². The van der Waals surface area contributed by atoms with Crippen molar-refractivity contribution in [2.24, 2.45) is 5.73 Å². The van der Waals surface area contributed by atoms with Gasteiger partial charge < -0.3 is 20.5 Å². The molecule has 0 spiro atoms. The number of hydrogen-bond acceptors (Lipinski definition) is 3. The third-order valence-corrected chi connectivity index (χ3v) is 2.27. The van der Waals surface area contributed by atoms with Crippen molar-refractivity contribution in [2.75, 3.05) is 24.7 Å². The molecule has 0 radical (unpaired) electrons. The van der Waals surface area contributed by atoms with Gasteiger partial charge in [0.1, 0.15) is 5.75 Å². The minimum Gasteiger partial charge on any atom is -0.494 e. The van der Waals surface area contributed by atoms with Crippen molar-refractivity contribution >= 4 is 23.0 Å². The molecule has 0 saturated heterocycles. The van der Waals surface area contributed by atoms with Crippen molar-refractivity contribution in [3.05, 3.63) is 24.3 Å². The molecule has 88 valence electrons. The number of thiocarbonyl (C=S) groups is 1. The van der Waals surface area contributed by atoms with Gasteiger partial charge in [-0.3, -0.25) is 0 Å². The van der Waals surface area contributed by atoms with Gasteiger partial charge in [-0.1, -0.05) is 0 Å². The number of ether oxygens (including phenoxy) is 1. The maximum Gasteiger partial charge on any atom is 0.170 e. The van der Waals surface area contributed by atoms with Crippen molar-refractivity contribution < 1.29 is 9.84 Å². The molecule has 0 saturated carbocycles. The van der Waals surface area contributed by atoms with E-state index in [9.17, 15) is 0 Å². The van der Waals surface area contributed by atoms with E-state index in [-0.39, 0.29) is 11.7 Å². The van der Waals surface area contributed by atoms with E-state index >= 15 is 0 Å². The van der Waals surface area contributed by atoms with Crippen molar-refractivity contribution in [1.29, 1.82) is 0 Å². The molecule has 3 N–H and O–H groups in total. The molecule has 0 atom stereocenters. The monoisotopic (exact) mass is 240 g/mol. The van der Waals surface area contributed by atoms with Gasteiger partial charge in [-0.25, -0.2) is 0 Å². The van der Waals surface area contributed by atoms with Crippen LogP contribution in [0, 0.1) is 0 Å². The highest BCUT2D eigenvalue weighted by Crippen LogP contribution is 2.19. The lowest BCUT2D eigenvalue weighted by molar-refractivity contribution is 0.306. The zero-order valence-electron chi connectivity index (χ0n) is 9.22. The number of benzene rings is 1. The van der Waals surface area contributed by atoms with E-state index in [2.05, 4.69) is 0 Å². The van der Waals surface area contributed by atoms with E-state index in [0.29, 0.717) is 13.2 Å². The van der Waals surface area contributed by atoms with Crippen LogP contribution in [0.5, 0.6) is 5.75 Å². The van der Waals surface area contributed by atoms with E-state index in [4.69, 9.17) is 27.8 Å². The Morgan fingerprint density at radius 2 is 2.06 bits per heavy atom. The number of nitrogens with zero attached hydrogens (tertiary/aromatic N) is 1. The number of nitrogens with two attached hydrogens (primary N) is 1. The van der Waals surface area contributed by atoms with Crippen molar-refractivity contribution in [3.63, 3.8) is 0 Å². The van der Waals surface area contributed by atoms with E-state index in [1.807, 2.05) is 31.2 Å². The summed E-state index contributed by atoms with van der Waals surface area (Å²) in [6.45, 7) is 2.96. The minimum absolute atomic E-state index is 0.00452. The van der Waals surface area contributed by atoms with Gasteiger partial charge in [-0.05, 0) is 43.4 Å². The summed E-state index contributed by atoms with van der Waals surface area (Å²) in [5, 5.41) is 9.15. The van der Waals surface area contributed by atoms with Crippen LogP contribution in [0.1, 0.15) is 6.92 Å². The molecule has 0 bridgehead atoms. The SMILES string of the molecule is CCOc1ccc(N(CCO)C(N)=S)cc1.